The average molecular weight is 671 g/mol. The van der Waals surface area contributed by atoms with E-state index in [0.29, 0.717) is 29.7 Å². The Labute approximate surface area is 287 Å². The smallest absolute Gasteiger partial charge is 0.323 e. The zero-order valence-corrected chi connectivity index (χ0v) is 28.9. The van der Waals surface area contributed by atoms with Crippen molar-refractivity contribution >= 4 is 40.4 Å². The van der Waals surface area contributed by atoms with E-state index < -0.39 is 46.9 Å². The third kappa shape index (κ3) is 8.10. The van der Waals surface area contributed by atoms with E-state index in [2.05, 4.69) is 16.0 Å². The van der Waals surface area contributed by atoms with E-state index in [0.717, 1.165) is 40.5 Å². The number of carbonyl (C=O) groups is 5. The van der Waals surface area contributed by atoms with Crippen LogP contribution in [-0.4, -0.2) is 78.4 Å². The van der Waals surface area contributed by atoms with E-state index in [4.69, 9.17) is 9.47 Å². The Hall–Kier alpha value is -4.77. The molecule has 2 atom stereocenters. The Morgan fingerprint density at radius 1 is 0.878 bits per heavy atom. The van der Waals surface area contributed by atoms with Crippen LogP contribution in [-0.2, 0) is 25.5 Å². The van der Waals surface area contributed by atoms with Crippen molar-refractivity contribution in [2.45, 2.75) is 88.9 Å². The lowest BCUT2D eigenvalue weighted by atomic mass is 9.79. The van der Waals surface area contributed by atoms with Crippen molar-refractivity contribution in [3.8, 4) is 5.75 Å². The highest BCUT2D eigenvalue weighted by Crippen LogP contribution is 2.32. The molecule has 49 heavy (non-hydrogen) atoms. The van der Waals surface area contributed by atoms with Crippen molar-refractivity contribution in [3.05, 3.63) is 77.4 Å². The first-order chi connectivity index (χ1) is 23.3. The quantitative estimate of drug-likeness (QED) is 0.191. The number of esters is 1. The van der Waals surface area contributed by atoms with Gasteiger partial charge in [0.25, 0.3) is 11.8 Å². The molecule has 3 aromatic rings. The predicted molar refractivity (Wildman–Crippen MR) is 185 cm³/mol. The number of ether oxygens (including phenoxy) is 2. The number of rotatable bonds is 12. The molecule has 3 aromatic carbocycles. The molecule has 0 radical (unpaired) electrons. The van der Waals surface area contributed by atoms with Crippen LogP contribution in [0.4, 0.5) is 0 Å². The number of amides is 4. The van der Waals surface area contributed by atoms with Gasteiger partial charge in [0.15, 0.2) is 0 Å². The van der Waals surface area contributed by atoms with Gasteiger partial charge < -0.3 is 20.1 Å². The molecule has 0 aromatic heterocycles. The number of imide groups is 1. The van der Waals surface area contributed by atoms with Crippen molar-refractivity contribution in [1.29, 1.82) is 0 Å². The molecule has 11 nitrogen and oxygen atoms in total. The highest BCUT2D eigenvalue weighted by molar-refractivity contribution is 6.23. The fraction of sp³-hybridized carbons (Fsp3) is 0.447. The second-order valence-electron chi connectivity index (χ2n) is 13.9. The Morgan fingerprint density at radius 2 is 1.47 bits per heavy atom. The Bertz CT molecular complexity index is 1670. The Morgan fingerprint density at radius 3 is 2.00 bits per heavy atom. The average Bonchev–Trinajstić information content (AvgIpc) is 3.32. The summed E-state index contributed by atoms with van der Waals surface area (Å²) in [6, 6.07) is 16.4. The first-order valence-corrected chi connectivity index (χ1v) is 16.9. The van der Waals surface area contributed by atoms with E-state index in [-0.39, 0.29) is 25.3 Å². The maximum absolute atomic E-state index is 14.3. The van der Waals surface area contributed by atoms with Crippen LogP contribution in [0.25, 0.3) is 10.8 Å². The largest absolute Gasteiger partial charge is 0.497 e. The topological polar surface area (TPSA) is 143 Å². The molecule has 1 aliphatic heterocycles. The molecule has 0 saturated heterocycles. The number of fused-ring (bicyclic) bond motifs is 2. The van der Waals surface area contributed by atoms with Gasteiger partial charge in [-0.1, -0.05) is 55.7 Å². The normalized spacial score (nSPS) is 16.9. The number of likely N-dealkylation sites (N-methyl/N-ethyl adjacent to an activating group) is 1. The lowest BCUT2D eigenvalue weighted by Gasteiger charge is -2.40. The zero-order valence-electron chi connectivity index (χ0n) is 28.9. The summed E-state index contributed by atoms with van der Waals surface area (Å²) in [7, 11) is 3.09. The SMILES string of the molecule is CNC(=O)C(Cc1ccc(OC)cc1)NC(=O)C1(NC(CCN2C(=O)c3cc4ccccc4cc3C2=O)C(=O)OC(C)(C)C)CCCCC1. The van der Waals surface area contributed by atoms with Gasteiger partial charge in [-0.05, 0) is 80.6 Å². The van der Waals surface area contributed by atoms with Crippen molar-refractivity contribution in [1.82, 2.24) is 20.9 Å². The third-order valence-corrected chi connectivity index (χ3v) is 9.23. The van der Waals surface area contributed by atoms with Gasteiger partial charge in [0, 0.05) is 20.0 Å². The summed E-state index contributed by atoms with van der Waals surface area (Å²) in [6.07, 6.45) is 3.52. The number of nitrogens with zero attached hydrogens (tertiary/aromatic N) is 1. The highest BCUT2D eigenvalue weighted by atomic mass is 16.6. The van der Waals surface area contributed by atoms with Crippen LogP contribution in [0.1, 0.15) is 85.6 Å². The second-order valence-corrected chi connectivity index (χ2v) is 13.9. The van der Waals surface area contributed by atoms with E-state index in [1.165, 1.54) is 7.05 Å². The summed E-state index contributed by atoms with van der Waals surface area (Å²) in [4.78, 5) is 69.1. The van der Waals surface area contributed by atoms with Crippen LogP contribution in [0.5, 0.6) is 5.75 Å². The molecule has 4 amide bonds. The minimum Gasteiger partial charge on any atom is -0.497 e. The van der Waals surface area contributed by atoms with Crippen LogP contribution < -0.4 is 20.7 Å². The summed E-state index contributed by atoms with van der Waals surface area (Å²) in [6.45, 7) is 5.21. The number of hydrogen-bond acceptors (Lipinski definition) is 8. The maximum Gasteiger partial charge on any atom is 0.323 e. The minimum atomic E-state index is -1.19. The van der Waals surface area contributed by atoms with Crippen LogP contribution in [0.2, 0.25) is 0 Å². The van der Waals surface area contributed by atoms with E-state index in [1.54, 1.807) is 52.1 Å². The van der Waals surface area contributed by atoms with Gasteiger partial charge in [0.2, 0.25) is 11.8 Å². The molecule has 0 bridgehead atoms. The first-order valence-electron chi connectivity index (χ1n) is 16.9. The van der Waals surface area contributed by atoms with Crippen LogP contribution in [0.3, 0.4) is 0 Å². The molecular formula is C38H46N4O7. The van der Waals surface area contributed by atoms with Crippen molar-refractivity contribution < 1.29 is 33.4 Å². The molecule has 11 heteroatoms. The summed E-state index contributed by atoms with van der Waals surface area (Å²) in [5.74, 6) is -1.50. The second kappa shape index (κ2) is 14.8. The van der Waals surface area contributed by atoms with E-state index in [9.17, 15) is 24.0 Å². The minimum absolute atomic E-state index is 0.0274. The number of methoxy groups -OCH3 is 1. The number of nitrogens with one attached hydrogen (secondary N) is 3. The van der Waals surface area contributed by atoms with Crippen molar-refractivity contribution in [2.75, 3.05) is 20.7 Å². The molecule has 1 aliphatic carbocycles. The Balaban J connectivity index is 1.38. The van der Waals surface area contributed by atoms with Crippen LogP contribution in [0, 0.1) is 0 Å². The fourth-order valence-electron chi connectivity index (χ4n) is 6.66. The van der Waals surface area contributed by atoms with Gasteiger partial charge in [0.05, 0.1) is 23.8 Å². The Kier molecular flexibility index (Phi) is 10.7. The van der Waals surface area contributed by atoms with Crippen LogP contribution >= 0.6 is 0 Å². The van der Waals surface area contributed by atoms with Crippen molar-refractivity contribution in [3.63, 3.8) is 0 Å². The van der Waals surface area contributed by atoms with Crippen LogP contribution in [0.15, 0.2) is 60.7 Å². The molecule has 2 unspecified atom stereocenters. The van der Waals surface area contributed by atoms with Gasteiger partial charge in [-0.3, -0.25) is 34.2 Å². The summed E-state index contributed by atoms with van der Waals surface area (Å²) < 4.78 is 11.0. The van der Waals surface area contributed by atoms with E-state index >= 15 is 0 Å². The molecule has 1 heterocycles. The lowest BCUT2D eigenvalue weighted by Crippen LogP contribution is -2.65. The molecule has 1 saturated carbocycles. The standard InChI is InChI=1S/C38H46N4O7/c1-37(2,3)49-35(46)30(17-20-42-33(44)28-22-25-11-7-8-12-26(25)23-29(28)34(42)45)41-38(18-9-6-10-19-38)36(47)40-31(32(43)39-4)21-24-13-15-27(48-5)16-14-24/h7-8,11-16,22-23,30-31,41H,6,9-10,17-21H2,1-5H3,(H,39,43)(H,40,47). The van der Waals surface area contributed by atoms with Gasteiger partial charge in [-0.15, -0.1) is 0 Å². The highest BCUT2D eigenvalue weighted by Gasteiger charge is 2.45. The number of benzene rings is 3. The lowest BCUT2D eigenvalue weighted by molar-refractivity contribution is -0.159. The fourth-order valence-corrected chi connectivity index (χ4v) is 6.66. The predicted octanol–water partition coefficient (Wildman–Crippen LogP) is 4.31. The van der Waals surface area contributed by atoms with Gasteiger partial charge >= 0.3 is 5.97 Å². The molecule has 260 valence electrons. The monoisotopic (exact) mass is 670 g/mol. The molecular weight excluding hydrogens is 624 g/mol. The maximum atomic E-state index is 14.3. The molecule has 2 aliphatic rings. The van der Waals surface area contributed by atoms with E-state index in [1.807, 2.05) is 36.4 Å². The molecule has 0 spiro atoms. The molecule has 5 rings (SSSR count). The molecule has 3 N–H and O–H groups in total. The number of hydrogen-bond donors (Lipinski definition) is 3. The van der Waals surface area contributed by atoms with Gasteiger partial charge in [-0.25, -0.2) is 0 Å². The third-order valence-electron chi connectivity index (χ3n) is 9.23. The number of carbonyl (C=O) groups excluding carboxylic acids is 5. The van der Waals surface area contributed by atoms with Gasteiger partial charge in [0.1, 0.15) is 23.4 Å². The summed E-state index contributed by atoms with van der Waals surface area (Å²) in [5, 5.41) is 10.7. The molecule has 1 fully saturated rings. The summed E-state index contributed by atoms with van der Waals surface area (Å²) in [5.41, 5.74) is -0.527. The zero-order chi connectivity index (χ0) is 35.3. The first kappa shape index (κ1) is 35.5. The van der Waals surface area contributed by atoms with Gasteiger partial charge in [-0.2, -0.15) is 0 Å². The van der Waals surface area contributed by atoms with Crippen molar-refractivity contribution in [2.24, 2.45) is 0 Å². The summed E-state index contributed by atoms with van der Waals surface area (Å²) >= 11 is 0.